The van der Waals surface area contributed by atoms with Crippen molar-refractivity contribution in [3.8, 4) is 0 Å². The van der Waals surface area contributed by atoms with E-state index in [2.05, 4.69) is 15.2 Å². The van der Waals surface area contributed by atoms with E-state index in [1.165, 1.54) is 0 Å². The van der Waals surface area contributed by atoms with Gasteiger partial charge in [0, 0.05) is 0 Å². The first kappa shape index (κ1) is 6.42. The summed E-state index contributed by atoms with van der Waals surface area (Å²) in [5, 5.41) is 7.48. The third-order valence-corrected chi connectivity index (χ3v) is 1.23. The van der Waals surface area contributed by atoms with Gasteiger partial charge in [0.2, 0.25) is 5.28 Å². The van der Waals surface area contributed by atoms with Crippen LogP contribution in [0.1, 0.15) is 11.4 Å². The molecule has 0 aliphatic rings. The molecule has 0 aromatic carbocycles. The lowest BCUT2D eigenvalue weighted by Gasteiger charge is -1.93. The molecule has 0 atom stereocenters. The molecule has 0 bridgehead atoms. The second-order valence-electron chi connectivity index (χ2n) is 1.75. The van der Waals surface area contributed by atoms with Crippen LogP contribution in [0, 0.1) is 13.8 Å². The average Bonchev–Trinajstić information content (AvgIpc) is 1.80. The number of rotatable bonds is 0. The van der Waals surface area contributed by atoms with E-state index in [0.717, 1.165) is 11.4 Å². The third-order valence-electron chi connectivity index (χ3n) is 1.07. The zero-order valence-electron chi connectivity index (χ0n) is 5.22. The maximum absolute atomic E-state index is 5.43. The average molecular weight is 144 g/mol. The summed E-state index contributed by atoms with van der Waals surface area (Å²) >= 11 is 5.43. The SMILES string of the molecule is Cc1nnc(Cl)nc1C. The Morgan fingerprint density at radius 2 is 1.78 bits per heavy atom. The van der Waals surface area contributed by atoms with Crippen LogP contribution in [0.5, 0.6) is 0 Å². The lowest BCUT2D eigenvalue weighted by Crippen LogP contribution is -1.94. The summed E-state index contributed by atoms with van der Waals surface area (Å²) in [5.74, 6) is 0. The summed E-state index contributed by atoms with van der Waals surface area (Å²) in [5.41, 5.74) is 1.65. The van der Waals surface area contributed by atoms with Crippen molar-refractivity contribution in [2.24, 2.45) is 0 Å². The summed E-state index contributed by atoms with van der Waals surface area (Å²) < 4.78 is 0. The van der Waals surface area contributed by atoms with E-state index in [1.807, 2.05) is 13.8 Å². The van der Waals surface area contributed by atoms with Crippen molar-refractivity contribution in [2.75, 3.05) is 0 Å². The van der Waals surface area contributed by atoms with Gasteiger partial charge in [0.1, 0.15) is 0 Å². The molecule has 1 aromatic rings. The monoisotopic (exact) mass is 143 g/mol. The lowest BCUT2D eigenvalue weighted by molar-refractivity contribution is 0.896. The molecular weight excluding hydrogens is 138 g/mol. The molecule has 48 valence electrons. The van der Waals surface area contributed by atoms with E-state index < -0.39 is 0 Å². The van der Waals surface area contributed by atoms with E-state index in [0.29, 0.717) is 0 Å². The predicted molar refractivity (Wildman–Crippen MR) is 34.3 cm³/mol. The van der Waals surface area contributed by atoms with E-state index in [1.54, 1.807) is 0 Å². The number of aryl methyl sites for hydroxylation is 2. The van der Waals surface area contributed by atoms with Gasteiger partial charge in [0.05, 0.1) is 11.4 Å². The summed E-state index contributed by atoms with van der Waals surface area (Å²) in [6.45, 7) is 3.68. The van der Waals surface area contributed by atoms with Crippen molar-refractivity contribution in [1.82, 2.24) is 15.2 Å². The Kier molecular flexibility index (Phi) is 1.62. The molecule has 0 radical (unpaired) electrons. The molecule has 0 N–H and O–H groups in total. The van der Waals surface area contributed by atoms with Gasteiger partial charge < -0.3 is 0 Å². The van der Waals surface area contributed by atoms with Crippen molar-refractivity contribution >= 4 is 11.6 Å². The third kappa shape index (κ3) is 1.36. The van der Waals surface area contributed by atoms with E-state index in [-0.39, 0.29) is 5.28 Å². The van der Waals surface area contributed by atoms with Crippen LogP contribution in [0.15, 0.2) is 0 Å². The van der Waals surface area contributed by atoms with Crippen molar-refractivity contribution in [3.05, 3.63) is 16.7 Å². The highest BCUT2D eigenvalue weighted by Crippen LogP contribution is 2.00. The largest absolute Gasteiger partial charge is 0.243 e. The molecule has 0 saturated carbocycles. The van der Waals surface area contributed by atoms with E-state index in [4.69, 9.17) is 11.6 Å². The van der Waals surface area contributed by atoms with Crippen LogP contribution in [0.25, 0.3) is 0 Å². The Labute approximate surface area is 58.1 Å². The van der Waals surface area contributed by atoms with Gasteiger partial charge in [0.25, 0.3) is 0 Å². The summed E-state index contributed by atoms with van der Waals surface area (Å²) in [4.78, 5) is 3.86. The van der Waals surface area contributed by atoms with Crippen LogP contribution in [0.2, 0.25) is 5.28 Å². The van der Waals surface area contributed by atoms with Gasteiger partial charge in [-0.25, -0.2) is 4.98 Å². The quantitative estimate of drug-likeness (QED) is 0.547. The molecule has 0 aliphatic carbocycles. The molecule has 4 heteroatoms. The van der Waals surface area contributed by atoms with Gasteiger partial charge >= 0.3 is 0 Å². The minimum atomic E-state index is 0.207. The molecule has 1 aromatic heterocycles. The van der Waals surface area contributed by atoms with Crippen LogP contribution in [0.4, 0.5) is 0 Å². The van der Waals surface area contributed by atoms with Crippen LogP contribution in [0.3, 0.4) is 0 Å². The molecular formula is C5H6ClN3. The van der Waals surface area contributed by atoms with Gasteiger partial charge in [-0.05, 0) is 25.4 Å². The van der Waals surface area contributed by atoms with Crippen molar-refractivity contribution in [3.63, 3.8) is 0 Å². The maximum Gasteiger partial charge on any atom is 0.243 e. The van der Waals surface area contributed by atoms with E-state index >= 15 is 0 Å². The van der Waals surface area contributed by atoms with E-state index in [9.17, 15) is 0 Å². The first-order valence-corrected chi connectivity index (χ1v) is 2.91. The molecule has 0 unspecified atom stereocenters. The van der Waals surface area contributed by atoms with Gasteiger partial charge in [-0.3, -0.25) is 0 Å². The zero-order chi connectivity index (χ0) is 6.85. The standard InChI is InChI=1S/C5H6ClN3/c1-3-4(2)8-9-5(6)7-3/h1-2H3. The second kappa shape index (κ2) is 2.27. The van der Waals surface area contributed by atoms with Crippen LogP contribution in [-0.4, -0.2) is 15.2 Å². The number of halogens is 1. The molecule has 0 amide bonds. The van der Waals surface area contributed by atoms with Gasteiger partial charge in [0.15, 0.2) is 0 Å². The van der Waals surface area contributed by atoms with Gasteiger partial charge in [-0.2, -0.15) is 5.10 Å². The molecule has 0 fully saturated rings. The van der Waals surface area contributed by atoms with Gasteiger partial charge in [-0.15, -0.1) is 5.10 Å². The van der Waals surface area contributed by atoms with Crippen molar-refractivity contribution in [2.45, 2.75) is 13.8 Å². The van der Waals surface area contributed by atoms with Crippen LogP contribution in [-0.2, 0) is 0 Å². The fraction of sp³-hybridized carbons (Fsp3) is 0.400. The number of hydrogen-bond donors (Lipinski definition) is 0. The second-order valence-corrected chi connectivity index (χ2v) is 2.09. The lowest BCUT2D eigenvalue weighted by atomic mass is 10.4. The first-order valence-electron chi connectivity index (χ1n) is 2.53. The van der Waals surface area contributed by atoms with Crippen molar-refractivity contribution in [1.29, 1.82) is 0 Å². The number of hydrogen-bond acceptors (Lipinski definition) is 3. The first-order chi connectivity index (χ1) is 4.20. The molecule has 0 saturated heterocycles. The minimum Gasteiger partial charge on any atom is -0.220 e. The molecule has 1 rings (SSSR count). The zero-order valence-corrected chi connectivity index (χ0v) is 5.98. The highest BCUT2D eigenvalue weighted by Gasteiger charge is 1.95. The fourth-order valence-corrected chi connectivity index (χ4v) is 0.595. The normalized spacial score (nSPS) is 9.67. The molecule has 0 spiro atoms. The van der Waals surface area contributed by atoms with Gasteiger partial charge in [-0.1, -0.05) is 0 Å². The summed E-state index contributed by atoms with van der Waals surface area (Å²) in [6.07, 6.45) is 0. The maximum atomic E-state index is 5.43. The van der Waals surface area contributed by atoms with Crippen molar-refractivity contribution < 1.29 is 0 Å². The number of aromatic nitrogens is 3. The Bertz CT molecular complexity index is 223. The summed E-state index contributed by atoms with van der Waals surface area (Å²) in [6, 6.07) is 0. The Morgan fingerprint density at radius 1 is 1.11 bits per heavy atom. The smallest absolute Gasteiger partial charge is 0.220 e. The highest BCUT2D eigenvalue weighted by atomic mass is 35.5. The Hall–Kier alpha value is -0.700. The molecule has 0 aliphatic heterocycles. The van der Waals surface area contributed by atoms with Crippen LogP contribution >= 0.6 is 11.6 Å². The molecule has 9 heavy (non-hydrogen) atoms. The molecule has 3 nitrogen and oxygen atoms in total. The van der Waals surface area contributed by atoms with Crippen LogP contribution < -0.4 is 0 Å². The Balaban J connectivity index is 3.17. The molecule has 1 heterocycles. The summed E-state index contributed by atoms with van der Waals surface area (Å²) in [7, 11) is 0. The minimum absolute atomic E-state index is 0.207. The predicted octanol–water partition coefficient (Wildman–Crippen LogP) is 1.14. The fourth-order valence-electron chi connectivity index (χ4n) is 0.430. The number of nitrogens with zero attached hydrogens (tertiary/aromatic N) is 3. The Morgan fingerprint density at radius 3 is 2.22 bits per heavy atom. The topological polar surface area (TPSA) is 38.7 Å². The highest BCUT2D eigenvalue weighted by molar-refractivity contribution is 6.28.